The monoisotopic (exact) mass is 116 g/mol. The van der Waals surface area contributed by atoms with Crippen LogP contribution in [0.2, 0.25) is 0 Å². The van der Waals surface area contributed by atoms with Gasteiger partial charge < -0.3 is 14.6 Å². The maximum Gasteiger partial charge on any atom is 0.154 e. The lowest BCUT2D eigenvalue weighted by Crippen LogP contribution is -2.30. The second-order valence-corrected chi connectivity index (χ2v) is 2.02. The third-order valence-corrected chi connectivity index (χ3v) is 1.25. The van der Waals surface area contributed by atoms with E-state index in [0.717, 1.165) is 0 Å². The van der Waals surface area contributed by atoms with Crippen LogP contribution in [0.4, 0.5) is 0 Å². The maximum absolute atomic E-state index is 10.00. The largest absolute Gasteiger partial charge is 0.380 e. The molecule has 46 valence electrons. The zero-order chi connectivity index (χ0) is 6.04. The predicted molar refractivity (Wildman–Crippen MR) is 26.4 cm³/mol. The third-order valence-electron chi connectivity index (χ3n) is 1.25. The van der Waals surface area contributed by atoms with E-state index in [0.29, 0.717) is 19.3 Å². The number of carbonyl (C=O) groups is 1. The van der Waals surface area contributed by atoms with Crippen molar-refractivity contribution in [2.45, 2.75) is 12.0 Å². The number of hydrogen-bond donors (Lipinski definition) is 1. The first-order valence-electron chi connectivity index (χ1n) is 2.53. The first-order valence-corrected chi connectivity index (χ1v) is 2.53. The van der Waals surface area contributed by atoms with E-state index in [-0.39, 0.29) is 6.61 Å². The van der Waals surface area contributed by atoms with Gasteiger partial charge in [0.05, 0.1) is 6.61 Å². The Bertz CT molecular complexity index is 93.8. The normalized spacial score (nSPS) is 37.6. The van der Waals surface area contributed by atoms with E-state index < -0.39 is 5.60 Å². The molecule has 8 heavy (non-hydrogen) atoms. The molecular formula is C5H8O3. The van der Waals surface area contributed by atoms with Crippen molar-refractivity contribution in [3.8, 4) is 0 Å². The Kier molecular flexibility index (Phi) is 1.31. The standard InChI is InChI=1S/C5H8O3/c6-3-5(7)1-2-8-4-5/h3,7H,1-2,4H2. The van der Waals surface area contributed by atoms with Crippen molar-refractivity contribution >= 4 is 6.29 Å². The van der Waals surface area contributed by atoms with Gasteiger partial charge in [0.1, 0.15) is 5.60 Å². The van der Waals surface area contributed by atoms with E-state index in [1.165, 1.54) is 0 Å². The average Bonchev–Trinajstić information content (AvgIpc) is 2.17. The van der Waals surface area contributed by atoms with Crippen molar-refractivity contribution < 1.29 is 14.6 Å². The Labute approximate surface area is 47.3 Å². The summed E-state index contributed by atoms with van der Waals surface area (Å²) in [6, 6.07) is 0. The van der Waals surface area contributed by atoms with Gasteiger partial charge in [0, 0.05) is 13.0 Å². The minimum absolute atomic E-state index is 0.163. The molecule has 1 aliphatic heterocycles. The Morgan fingerprint density at radius 2 is 2.50 bits per heavy atom. The van der Waals surface area contributed by atoms with Crippen molar-refractivity contribution in [1.29, 1.82) is 0 Å². The Hall–Kier alpha value is -0.410. The highest BCUT2D eigenvalue weighted by Crippen LogP contribution is 2.14. The summed E-state index contributed by atoms with van der Waals surface area (Å²) in [4.78, 5) is 10.00. The summed E-state index contributed by atoms with van der Waals surface area (Å²) >= 11 is 0. The number of ether oxygens (including phenoxy) is 1. The van der Waals surface area contributed by atoms with Crippen molar-refractivity contribution in [3.05, 3.63) is 0 Å². The van der Waals surface area contributed by atoms with Crippen LogP contribution in [0.1, 0.15) is 6.42 Å². The van der Waals surface area contributed by atoms with Gasteiger partial charge >= 0.3 is 0 Å². The third kappa shape index (κ3) is 0.877. The van der Waals surface area contributed by atoms with Crippen LogP contribution >= 0.6 is 0 Å². The van der Waals surface area contributed by atoms with E-state index in [1.807, 2.05) is 0 Å². The second-order valence-electron chi connectivity index (χ2n) is 2.02. The SMILES string of the molecule is O=CC1(O)CCOC1. The molecule has 0 bridgehead atoms. The predicted octanol–water partition coefficient (Wildman–Crippen LogP) is -0.663. The fourth-order valence-electron chi connectivity index (χ4n) is 0.663. The molecule has 3 nitrogen and oxygen atoms in total. The van der Waals surface area contributed by atoms with Gasteiger partial charge in [0.2, 0.25) is 0 Å². The topological polar surface area (TPSA) is 46.5 Å². The van der Waals surface area contributed by atoms with E-state index in [9.17, 15) is 4.79 Å². The van der Waals surface area contributed by atoms with Crippen LogP contribution in [0, 0.1) is 0 Å². The minimum atomic E-state index is -1.17. The molecule has 0 amide bonds. The molecule has 1 unspecified atom stereocenters. The quantitative estimate of drug-likeness (QED) is 0.462. The molecule has 1 fully saturated rings. The fourth-order valence-corrected chi connectivity index (χ4v) is 0.663. The number of rotatable bonds is 1. The summed E-state index contributed by atoms with van der Waals surface area (Å²) in [7, 11) is 0. The highest BCUT2D eigenvalue weighted by atomic mass is 16.5. The molecule has 1 saturated heterocycles. The highest BCUT2D eigenvalue weighted by Gasteiger charge is 2.31. The van der Waals surface area contributed by atoms with Crippen molar-refractivity contribution in [3.63, 3.8) is 0 Å². The molecule has 0 aromatic rings. The number of aliphatic hydroxyl groups is 1. The van der Waals surface area contributed by atoms with Crippen LogP contribution in [0.5, 0.6) is 0 Å². The first-order chi connectivity index (χ1) is 3.77. The van der Waals surface area contributed by atoms with Crippen molar-refractivity contribution in [1.82, 2.24) is 0 Å². The molecule has 0 aromatic carbocycles. The first kappa shape index (κ1) is 5.72. The Balaban J connectivity index is 2.52. The molecule has 1 N–H and O–H groups in total. The lowest BCUT2D eigenvalue weighted by molar-refractivity contribution is -0.123. The lowest BCUT2D eigenvalue weighted by Gasteiger charge is -2.08. The molecule has 1 rings (SSSR count). The molecule has 0 saturated carbocycles. The summed E-state index contributed by atoms with van der Waals surface area (Å²) in [6.45, 7) is 0.658. The van der Waals surface area contributed by atoms with Crippen LogP contribution in [-0.2, 0) is 9.53 Å². The molecule has 0 aliphatic carbocycles. The minimum Gasteiger partial charge on any atom is -0.380 e. The maximum atomic E-state index is 10.00. The Morgan fingerprint density at radius 3 is 2.75 bits per heavy atom. The highest BCUT2D eigenvalue weighted by molar-refractivity contribution is 5.62. The zero-order valence-electron chi connectivity index (χ0n) is 4.46. The molecule has 1 heterocycles. The summed E-state index contributed by atoms with van der Waals surface area (Å²) in [5.74, 6) is 0. The van der Waals surface area contributed by atoms with Crippen molar-refractivity contribution in [2.24, 2.45) is 0 Å². The smallest absolute Gasteiger partial charge is 0.154 e. The van der Waals surface area contributed by atoms with Gasteiger partial charge in [-0.3, -0.25) is 0 Å². The fraction of sp³-hybridized carbons (Fsp3) is 0.800. The average molecular weight is 116 g/mol. The van der Waals surface area contributed by atoms with Gasteiger partial charge in [-0.15, -0.1) is 0 Å². The summed E-state index contributed by atoms with van der Waals surface area (Å²) < 4.78 is 4.77. The Morgan fingerprint density at radius 1 is 1.75 bits per heavy atom. The van der Waals surface area contributed by atoms with Gasteiger partial charge in [-0.1, -0.05) is 0 Å². The van der Waals surface area contributed by atoms with Crippen LogP contribution in [0.3, 0.4) is 0 Å². The van der Waals surface area contributed by atoms with Gasteiger partial charge in [0.15, 0.2) is 6.29 Å². The van der Waals surface area contributed by atoms with Crippen LogP contribution < -0.4 is 0 Å². The number of carbonyl (C=O) groups excluding carboxylic acids is 1. The van der Waals surface area contributed by atoms with Gasteiger partial charge in [-0.05, 0) is 0 Å². The van der Waals surface area contributed by atoms with E-state index in [1.54, 1.807) is 0 Å². The number of aldehydes is 1. The van der Waals surface area contributed by atoms with Gasteiger partial charge in [-0.25, -0.2) is 0 Å². The van der Waals surface area contributed by atoms with Crippen molar-refractivity contribution in [2.75, 3.05) is 13.2 Å². The van der Waals surface area contributed by atoms with Crippen LogP contribution in [-0.4, -0.2) is 30.2 Å². The lowest BCUT2D eigenvalue weighted by atomic mass is 10.1. The molecular weight excluding hydrogens is 108 g/mol. The summed E-state index contributed by atoms with van der Waals surface area (Å²) in [6.07, 6.45) is 0.983. The summed E-state index contributed by atoms with van der Waals surface area (Å²) in [5, 5.41) is 9.01. The van der Waals surface area contributed by atoms with Crippen LogP contribution in [0.15, 0.2) is 0 Å². The van der Waals surface area contributed by atoms with Gasteiger partial charge in [0.25, 0.3) is 0 Å². The summed E-state index contributed by atoms with van der Waals surface area (Å²) in [5.41, 5.74) is -1.17. The molecule has 1 aliphatic rings. The molecule has 0 spiro atoms. The second kappa shape index (κ2) is 1.84. The van der Waals surface area contributed by atoms with E-state index >= 15 is 0 Å². The van der Waals surface area contributed by atoms with Crippen LogP contribution in [0.25, 0.3) is 0 Å². The molecule has 1 atom stereocenters. The van der Waals surface area contributed by atoms with Gasteiger partial charge in [-0.2, -0.15) is 0 Å². The zero-order valence-corrected chi connectivity index (χ0v) is 4.46. The van der Waals surface area contributed by atoms with E-state index in [2.05, 4.69) is 0 Å². The molecule has 0 aromatic heterocycles. The van der Waals surface area contributed by atoms with E-state index in [4.69, 9.17) is 9.84 Å². The molecule has 3 heteroatoms. The molecule has 0 radical (unpaired) electrons. The number of hydrogen-bond acceptors (Lipinski definition) is 3.